The first-order chi connectivity index (χ1) is 10.8. The minimum Gasteiger partial charge on any atom is -0.377 e. The first-order valence-electron chi connectivity index (χ1n) is 8.41. The standard InChI is InChI=1S/C19H25NO2/c21-18-11-13-19(20-18)12-5-4-9-17(19)10-6-14-22-15-16-7-2-1-3-8-16/h1-3,7-9H,4-6,10-15H2,(H,20,21). The number of allylic oxidation sites excluding steroid dienone is 1. The van der Waals surface area contributed by atoms with E-state index in [4.69, 9.17) is 4.74 Å². The van der Waals surface area contributed by atoms with Crippen molar-refractivity contribution < 1.29 is 9.53 Å². The van der Waals surface area contributed by atoms with Crippen LogP contribution in [-0.2, 0) is 16.1 Å². The molecule has 1 aliphatic heterocycles. The van der Waals surface area contributed by atoms with Crippen LogP contribution >= 0.6 is 0 Å². The van der Waals surface area contributed by atoms with E-state index in [0.29, 0.717) is 13.0 Å². The molecule has 1 saturated heterocycles. The predicted octanol–water partition coefficient (Wildman–Crippen LogP) is 3.74. The summed E-state index contributed by atoms with van der Waals surface area (Å²) in [4.78, 5) is 11.6. The fourth-order valence-corrected chi connectivity index (χ4v) is 3.65. The van der Waals surface area contributed by atoms with Crippen molar-refractivity contribution in [2.24, 2.45) is 0 Å². The number of carbonyl (C=O) groups excluding carboxylic acids is 1. The average Bonchev–Trinajstić information content (AvgIpc) is 2.91. The maximum absolute atomic E-state index is 11.6. The second-order valence-electron chi connectivity index (χ2n) is 6.39. The van der Waals surface area contributed by atoms with Gasteiger partial charge in [-0.2, -0.15) is 0 Å². The van der Waals surface area contributed by atoms with Crippen LogP contribution in [0.2, 0.25) is 0 Å². The van der Waals surface area contributed by atoms with Crippen molar-refractivity contribution in [3.05, 3.63) is 47.5 Å². The molecule has 118 valence electrons. The maximum Gasteiger partial charge on any atom is 0.220 e. The smallest absolute Gasteiger partial charge is 0.220 e. The summed E-state index contributed by atoms with van der Waals surface area (Å²) in [6.07, 6.45) is 9.52. The molecule has 22 heavy (non-hydrogen) atoms. The van der Waals surface area contributed by atoms with Crippen LogP contribution in [0.25, 0.3) is 0 Å². The van der Waals surface area contributed by atoms with E-state index in [2.05, 4.69) is 23.5 Å². The summed E-state index contributed by atoms with van der Waals surface area (Å²) in [5.41, 5.74) is 2.64. The number of hydrogen-bond donors (Lipinski definition) is 1. The third kappa shape index (κ3) is 3.58. The number of benzene rings is 1. The van der Waals surface area contributed by atoms with E-state index < -0.39 is 0 Å². The van der Waals surface area contributed by atoms with Gasteiger partial charge in [-0.3, -0.25) is 4.79 Å². The number of hydrogen-bond acceptors (Lipinski definition) is 2. The Kier molecular flexibility index (Phi) is 4.94. The van der Waals surface area contributed by atoms with E-state index in [-0.39, 0.29) is 11.4 Å². The predicted molar refractivity (Wildman–Crippen MR) is 87.4 cm³/mol. The second-order valence-corrected chi connectivity index (χ2v) is 6.39. The molecule has 3 nitrogen and oxygen atoms in total. The molecule has 1 heterocycles. The Balaban J connectivity index is 1.44. The highest BCUT2D eigenvalue weighted by molar-refractivity contribution is 5.80. The molecular formula is C19H25NO2. The van der Waals surface area contributed by atoms with Crippen molar-refractivity contribution in [1.29, 1.82) is 0 Å². The second kappa shape index (κ2) is 7.10. The van der Waals surface area contributed by atoms with Crippen molar-refractivity contribution in [2.45, 2.75) is 57.1 Å². The molecule has 1 spiro atoms. The maximum atomic E-state index is 11.6. The Bertz CT molecular complexity index is 538. The van der Waals surface area contributed by atoms with Gasteiger partial charge in [0.25, 0.3) is 0 Å². The third-order valence-corrected chi connectivity index (χ3v) is 4.82. The van der Waals surface area contributed by atoms with E-state index in [0.717, 1.165) is 38.7 Å². The van der Waals surface area contributed by atoms with Crippen LogP contribution in [-0.4, -0.2) is 18.1 Å². The zero-order valence-corrected chi connectivity index (χ0v) is 13.1. The molecule has 0 saturated carbocycles. The Morgan fingerprint density at radius 1 is 1.18 bits per heavy atom. The van der Waals surface area contributed by atoms with Crippen molar-refractivity contribution in [2.75, 3.05) is 6.61 Å². The van der Waals surface area contributed by atoms with Gasteiger partial charge < -0.3 is 10.1 Å². The normalized spacial score (nSPS) is 24.4. The van der Waals surface area contributed by atoms with Crippen molar-refractivity contribution in [1.82, 2.24) is 5.32 Å². The van der Waals surface area contributed by atoms with Crippen LogP contribution in [0.15, 0.2) is 42.0 Å². The zero-order chi connectivity index (χ0) is 15.3. The lowest BCUT2D eigenvalue weighted by Crippen LogP contribution is -2.44. The fraction of sp³-hybridized carbons (Fsp3) is 0.526. The lowest BCUT2D eigenvalue weighted by atomic mass is 9.77. The molecule has 1 unspecified atom stereocenters. The number of amides is 1. The van der Waals surface area contributed by atoms with Gasteiger partial charge in [0, 0.05) is 13.0 Å². The Labute approximate surface area is 132 Å². The average molecular weight is 299 g/mol. The summed E-state index contributed by atoms with van der Waals surface area (Å²) < 4.78 is 5.77. The summed E-state index contributed by atoms with van der Waals surface area (Å²) in [6.45, 7) is 1.46. The van der Waals surface area contributed by atoms with Gasteiger partial charge in [0.1, 0.15) is 0 Å². The number of carbonyl (C=O) groups is 1. The minimum atomic E-state index is -0.0191. The molecular weight excluding hydrogens is 274 g/mol. The molecule has 1 aromatic carbocycles. The number of ether oxygens (including phenoxy) is 1. The van der Waals surface area contributed by atoms with Gasteiger partial charge in [-0.1, -0.05) is 36.4 Å². The van der Waals surface area contributed by atoms with Crippen molar-refractivity contribution in [3.63, 3.8) is 0 Å². The third-order valence-electron chi connectivity index (χ3n) is 4.82. The summed E-state index contributed by atoms with van der Waals surface area (Å²) in [7, 11) is 0. The fourth-order valence-electron chi connectivity index (χ4n) is 3.65. The highest BCUT2D eigenvalue weighted by Crippen LogP contribution is 2.38. The SMILES string of the molecule is O=C1CCC2(CCCC=C2CCCOCc2ccccc2)N1. The zero-order valence-electron chi connectivity index (χ0n) is 13.1. The van der Waals surface area contributed by atoms with E-state index in [9.17, 15) is 4.79 Å². The van der Waals surface area contributed by atoms with Gasteiger partial charge in [-0.05, 0) is 49.7 Å². The van der Waals surface area contributed by atoms with Crippen LogP contribution in [0.3, 0.4) is 0 Å². The monoisotopic (exact) mass is 299 g/mol. The van der Waals surface area contributed by atoms with Crippen LogP contribution in [0.5, 0.6) is 0 Å². The largest absolute Gasteiger partial charge is 0.377 e. The summed E-state index contributed by atoms with van der Waals surface area (Å²) in [5.74, 6) is 0.216. The molecule has 2 aliphatic rings. The van der Waals surface area contributed by atoms with Gasteiger partial charge in [0.2, 0.25) is 5.91 Å². The molecule has 1 N–H and O–H groups in total. The molecule has 1 aromatic rings. The van der Waals surface area contributed by atoms with E-state index >= 15 is 0 Å². The van der Waals surface area contributed by atoms with Gasteiger partial charge in [-0.15, -0.1) is 0 Å². The van der Waals surface area contributed by atoms with Gasteiger partial charge in [-0.25, -0.2) is 0 Å². The molecule has 3 heteroatoms. The summed E-state index contributed by atoms with van der Waals surface area (Å²) in [6, 6.07) is 10.3. The summed E-state index contributed by atoms with van der Waals surface area (Å²) >= 11 is 0. The molecule has 1 fully saturated rings. The molecule has 1 amide bonds. The molecule has 0 bridgehead atoms. The Morgan fingerprint density at radius 2 is 2.05 bits per heavy atom. The van der Waals surface area contributed by atoms with Crippen molar-refractivity contribution in [3.8, 4) is 0 Å². The van der Waals surface area contributed by atoms with Gasteiger partial charge in [0.15, 0.2) is 0 Å². The Morgan fingerprint density at radius 3 is 2.82 bits per heavy atom. The van der Waals surface area contributed by atoms with Gasteiger partial charge >= 0.3 is 0 Å². The molecule has 1 atom stereocenters. The molecule has 0 aromatic heterocycles. The number of rotatable bonds is 6. The van der Waals surface area contributed by atoms with E-state index in [1.165, 1.54) is 17.6 Å². The van der Waals surface area contributed by atoms with Crippen LogP contribution in [0, 0.1) is 0 Å². The first-order valence-corrected chi connectivity index (χ1v) is 8.41. The van der Waals surface area contributed by atoms with Crippen LogP contribution < -0.4 is 5.32 Å². The molecule has 3 rings (SSSR count). The van der Waals surface area contributed by atoms with Crippen LogP contribution in [0.4, 0.5) is 0 Å². The van der Waals surface area contributed by atoms with Crippen LogP contribution in [0.1, 0.15) is 50.5 Å². The summed E-state index contributed by atoms with van der Waals surface area (Å²) in [5, 5.41) is 3.24. The lowest BCUT2D eigenvalue weighted by molar-refractivity contribution is -0.119. The highest BCUT2D eigenvalue weighted by atomic mass is 16.5. The first kappa shape index (κ1) is 15.3. The topological polar surface area (TPSA) is 38.3 Å². The Hall–Kier alpha value is -1.61. The minimum absolute atomic E-state index is 0.0191. The quantitative estimate of drug-likeness (QED) is 0.642. The van der Waals surface area contributed by atoms with E-state index in [1.807, 2.05) is 18.2 Å². The number of nitrogens with one attached hydrogen (secondary N) is 1. The van der Waals surface area contributed by atoms with E-state index in [1.54, 1.807) is 0 Å². The lowest BCUT2D eigenvalue weighted by Gasteiger charge is -2.35. The molecule has 1 aliphatic carbocycles. The molecule has 0 radical (unpaired) electrons. The highest BCUT2D eigenvalue weighted by Gasteiger charge is 2.40. The van der Waals surface area contributed by atoms with Crippen molar-refractivity contribution >= 4 is 5.91 Å². The van der Waals surface area contributed by atoms with Gasteiger partial charge in [0.05, 0.1) is 12.1 Å².